The summed E-state index contributed by atoms with van der Waals surface area (Å²) in [4.78, 5) is 11.4. The van der Waals surface area contributed by atoms with Gasteiger partial charge in [0.2, 0.25) is 6.29 Å². The third-order valence-electron chi connectivity index (χ3n) is 6.61. The van der Waals surface area contributed by atoms with E-state index in [0.717, 1.165) is 17.5 Å². The minimum absolute atomic E-state index is 0.0988. The maximum Gasteiger partial charge on any atom is 0.335 e. The van der Waals surface area contributed by atoms with Gasteiger partial charge in [0.1, 0.15) is 18.3 Å². The van der Waals surface area contributed by atoms with Gasteiger partial charge in [-0.1, -0.05) is 26.0 Å². The first-order chi connectivity index (χ1) is 17.0. The Balaban J connectivity index is 1.72. The van der Waals surface area contributed by atoms with Crippen molar-refractivity contribution >= 4 is 5.97 Å². The van der Waals surface area contributed by atoms with E-state index in [1.165, 1.54) is 14.2 Å². The first kappa shape index (κ1) is 27.5. The summed E-state index contributed by atoms with van der Waals surface area (Å²) in [7, 11) is 2.94. The van der Waals surface area contributed by atoms with Gasteiger partial charge in [0.05, 0.1) is 14.2 Å². The molecule has 0 spiro atoms. The fraction of sp³-hybridized carbons (Fsp3) is 0.500. The minimum Gasteiger partial charge on any atom is -0.504 e. The highest BCUT2D eigenvalue weighted by molar-refractivity contribution is 5.73. The van der Waals surface area contributed by atoms with Crippen LogP contribution in [0.25, 0.3) is 0 Å². The van der Waals surface area contributed by atoms with Crippen LogP contribution in [0.3, 0.4) is 0 Å². The Morgan fingerprint density at radius 2 is 1.42 bits per heavy atom. The first-order valence-corrected chi connectivity index (χ1v) is 11.7. The Morgan fingerprint density at radius 3 is 1.94 bits per heavy atom. The lowest BCUT2D eigenvalue weighted by atomic mass is 9.85. The number of methoxy groups -OCH3 is 2. The molecule has 10 heteroatoms. The molecule has 7 unspecified atom stereocenters. The molecule has 1 aliphatic heterocycles. The zero-order chi connectivity index (χ0) is 26.6. The lowest BCUT2D eigenvalue weighted by Crippen LogP contribution is -2.61. The lowest BCUT2D eigenvalue weighted by molar-refractivity contribution is -0.271. The Morgan fingerprint density at radius 1 is 0.861 bits per heavy atom. The van der Waals surface area contributed by atoms with Gasteiger partial charge < -0.3 is 44.5 Å². The van der Waals surface area contributed by atoms with Gasteiger partial charge in [0.25, 0.3) is 0 Å². The number of aliphatic carboxylic acids is 1. The van der Waals surface area contributed by atoms with Crippen LogP contribution in [0, 0.1) is 11.8 Å². The molecule has 0 radical (unpaired) electrons. The Labute approximate surface area is 209 Å². The lowest BCUT2D eigenvalue weighted by Gasteiger charge is -2.38. The fourth-order valence-corrected chi connectivity index (χ4v) is 4.22. The van der Waals surface area contributed by atoms with Crippen LogP contribution < -0.4 is 14.2 Å². The number of aliphatic hydroxyl groups is 3. The average molecular weight is 507 g/mol. The third-order valence-corrected chi connectivity index (χ3v) is 6.61. The van der Waals surface area contributed by atoms with E-state index in [4.69, 9.17) is 18.9 Å². The van der Waals surface area contributed by atoms with Crippen molar-refractivity contribution in [3.8, 4) is 23.0 Å². The number of phenols is 1. The van der Waals surface area contributed by atoms with Crippen LogP contribution in [0.5, 0.6) is 23.0 Å². The number of rotatable bonds is 10. The molecule has 0 aromatic heterocycles. The van der Waals surface area contributed by atoms with Crippen molar-refractivity contribution in [2.24, 2.45) is 11.8 Å². The molecule has 0 bridgehead atoms. The molecule has 10 nitrogen and oxygen atoms in total. The highest BCUT2D eigenvalue weighted by atomic mass is 16.7. The van der Waals surface area contributed by atoms with Crippen molar-refractivity contribution in [2.45, 2.75) is 57.4 Å². The topological polar surface area (TPSA) is 155 Å². The molecular weight excluding hydrogens is 472 g/mol. The van der Waals surface area contributed by atoms with Crippen LogP contribution in [-0.4, -0.2) is 76.4 Å². The van der Waals surface area contributed by atoms with Gasteiger partial charge in [-0.2, -0.15) is 0 Å². The number of hydrogen-bond acceptors (Lipinski definition) is 9. The molecule has 1 heterocycles. The maximum absolute atomic E-state index is 11.4. The third kappa shape index (κ3) is 6.19. The van der Waals surface area contributed by atoms with Gasteiger partial charge in [-0.25, -0.2) is 4.79 Å². The van der Waals surface area contributed by atoms with Crippen molar-refractivity contribution in [3.63, 3.8) is 0 Å². The Bertz CT molecular complexity index is 1040. The second-order valence-electron chi connectivity index (χ2n) is 9.21. The predicted molar refractivity (Wildman–Crippen MR) is 128 cm³/mol. The zero-order valence-electron chi connectivity index (χ0n) is 20.7. The molecule has 2 aromatic carbocycles. The van der Waals surface area contributed by atoms with Crippen molar-refractivity contribution < 1.29 is 49.3 Å². The van der Waals surface area contributed by atoms with Crippen molar-refractivity contribution in [1.82, 2.24) is 0 Å². The number of phenolic OH excluding ortho intramolecular Hbond substituents is 1. The van der Waals surface area contributed by atoms with Gasteiger partial charge in [-0.05, 0) is 60.1 Å². The molecule has 198 valence electrons. The van der Waals surface area contributed by atoms with Gasteiger partial charge >= 0.3 is 5.97 Å². The summed E-state index contributed by atoms with van der Waals surface area (Å²) in [6, 6.07) is 10.6. The molecule has 0 amide bonds. The highest BCUT2D eigenvalue weighted by Crippen LogP contribution is 2.34. The number of aromatic hydroxyl groups is 1. The molecule has 5 N–H and O–H groups in total. The maximum atomic E-state index is 11.4. The summed E-state index contributed by atoms with van der Waals surface area (Å²) in [6.07, 6.45) is -7.12. The summed E-state index contributed by atoms with van der Waals surface area (Å²) in [6.45, 7) is 4.24. The predicted octanol–water partition coefficient (Wildman–Crippen LogP) is 1.74. The molecule has 2 aromatic rings. The smallest absolute Gasteiger partial charge is 0.335 e. The van der Waals surface area contributed by atoms with Crippen molar-refractivity contribution in [3.05, 3.63) is 47.5 Å². The van der Waals surface area contributed by atoms with Crippen LogP contribution in [-0.2, 0) is 22.4 Å². The molecule has 0 saturated carbocycles. The SMILES string of the molecule is COc1ccc(CC(C)C(C)Cc2ccc(OC)c(OC3OC(C(=O)O)C(O)C(O)C3O)c2)cc1O. The minimum atomic E-state index is -1.81. The van der Waals surface area contributed by atoms with Crippen LogP contribution >= 0.6 is 0 Å². The molecule has 1 saturated heterocycles. The van der Waals surface area contributed by atoms with Crippen LogP contribution in [0.1, 0.15) is 25.0 Å². The Kier molecular flexibility index (Phi) is 9.02. The number of carboxylic acid groups (broad SMARTS) is 1. The van der Waals surface area contributed by atoms with E-state index in [0.29, 0.717) is 17.9 Å². The van der Waals surface area contributed by atoms with E-state index in [9.17, 15) is 30.3 Å². The molecule has 7 atom stereocenters. The highest BCUT2D eigenvalue weighted by Gasteiger charge is 2.48. The van der Waals surface area contributed by atoms with E-state index < -0.39 is 36.7 Å². The van der Waals surface area contributed by atoms with E-state index >= 15 is 0 Å². The quantitative estimate of drug-likeness (QED) is 0.322. The standard InChI is InChI=1S/C26H34O10/c1-13(9-15-5-7-18(33-3)17(27)11-15)14(2)10-16-6-8-19(34-4)20(12-16)35-26-23(30)21(28)22(29)24(36-26)25(31)32/h5-8,11-14,21-24,26-30H,9-10H2,1-4H3,(H,31,32). The van der Waals surface area contributed by atoms with Crippen LogP contribution in [0.2, 0.25) is 0 Å². The number of carboxylic acids is 1. The summed E-state index contributed by atoms with van der Waals surface area (Å²) in [5.41, 5.74) is 1.90. The van der Waals surface area contributed by atoms with Crippen LogP contribution in [0.15, 0.2) is 36.4 Å². The van der Waals surface area contributed by atoms with E-state index in [1.54, 1.807) is 24.3 Å². The zero-order valence-corrected chi connectivity index (χ0v) is 20.7. The van der Waals surface area contributed by atoms with E-state index in [2.05, 4.69) is 13.8 Å². The van der Waals surface area contributed by atoms with E-state index in [1.807, 2.05) is 12.1 Å². The van der Waals surface area contributed by atoms with Gasteiger partial charge in [-0.3, -0.25) is 0 Å². The number of aliphatic hydroxyl groups excluding tert-OH is 3. The second kappa shape index (κ2) is 11.8. The second-order valence-corrected chi connectivity index (χ2v) is 9.21. The summed E-state index contributed by atoms with van der Waals surface area (Å²) in [5, 5.41) is 49.6. The largest absolute Gasteiger partial charge is 0.504 e. The van der Waals surface area contributed by atoms with Crippen molar-refractivity contribution in [1.29, 1.82) is 0 Å². The number of ether oxygens (including phenoxy) is 4. The number of carbonyl (C=O) groups is 1. The number of hydrogen-bond donors (Lipinski definition) is 5. The molecule has 3 rings (SSSR count). The van der Waals surface area contributed by atoms with Crippen LogP contribution in [0.4, 0.5) is 0 Å². The molecule has 36 heavy (non-hydrogen) atoms. The first-order valence-electron chi connectivity index (χ1n) is 11.7. The van der Waals surface area contributed by atoms with Gasteiger partial charge in [0, 0.05) is 0 Å². The molecule has 0 aliphatic carbocycles. The molecule has 1 fully saturated rings. The van der Waals surface area contributed by atoms with E-state index in [-0.39, 0.29) is 23.3 Å². The number of benzene rings is 2. The van der Waals surface area contributed by atoms with Crippen molar-refractivity contribution in [2.75, 3.05) is 14.2 Å². The summed E-state index contributed by atoms with van der Waals surface area (Å²) >= 11 is 0. The normalized spacial score (nSPS) is 25.6. The monoisotopic (exact) mass is 506 g/mol. The summed E-state index contributed by atoms with van der Waals surface area (Å²) in [5.74, 6) is 0.0654. The van der Waals surface area contributed by atoms with Gasteiger partial charge in [0.15, 0.2) is 29.1 Å². The fourth-order valence-electron chi connectivity index (χ4n) is 4.22. The summed E-state index contributed by atoms with van der Waals surface area (Å²) < 4.78 is 21.4. The van der Waals surface area contributed by atoms with Gasteiger partial charge in [-0.15, -0.1) is 0 Å². The molecule has 1 aliphatic rings. The Hall–Kier alpha value is -3.05. The molecular formula is C26H34O10. The average Bonchev–Trinajstić information content (AvgIpc) is 2.84.